The van der Waals surface area contributed by atoms with E-state index in [9.17, 15) is 0 Å². The summed E-state index contributed by atoms with van der Waals surface area (Å²) in [6.07, 6.45) is 3.62. The summed E-state index contributed by atoms with van der Waals surface area (Å²) in [6.45, 7) is 0. The molecule has 276 valence electrons. The molecule has 1 aliphatic rings. The van der Waals surface area contributed by atoms with Crippen molar-refractivity contribution in [1.82, 2.24) is 0 Å². The highest BCUT2D eigenvalue weighted by atomic mass is 28.3. The summed E-state index contributed by atoms with van der Waals surface area (Å²) in [5.74, 6) is 0.0434. The van der Waals surface area contributed by atoms with Gasteiger partial charge >= 0.3 is 0 Å². The van der Waals surface area contributed by atoms with Crippen molar-refractivity contribution in [2.75, 3.05) is 0 Å². The van der Waals surface area contributed by atoms with E-state index in [1.54, 1.807) is 0 Å². The van der Waals surface area contributed by atoms with Crippen molar-refractivity contribution in [3.05, 3.63) is 271 Å². The van der Waals surface area contributed by atoms with Gasteiger partial charge in [-0.1, -0.05) is 254 Å². The van der Waals surface area contributed by atoms with Crippen LogP contribution in [0.3, 0.4) is 0 Å². The van der Waals surface area contributed by atoms with Gasteiger partial charge in [-0.05, 0) is 70.2 Å². The molecule has 0 aromatic heterocycles. The van der Waals surface area contributed by atoms with Crippen LogP contribution in [-0.4, -0.2) is 16.1 Å². The quantitative estimate of drug-likeness (QED) is 0.102. The molecule has 9 aromatic rings. The Morgan fingerprint density at radius 3 is 1.16 bits per heavy atom. The number of allylic oxidation sites excluding steroid dienone is 2. The van der Waals surface area contributed by atoms with Crippen LogP contribution in [-0.2, 0) is 6.42 Å². The Hall–Kier alpha value is -6.59. The Bertz CT molecular complexity index is 2640. The summed E-state index contributed by atoms with van der Waals surface area (Å²) in [6, 6.07) is 91.7. The Labute approximate surface area is 344 Å². The maximum atomic E-state index is 2.71. The van der Waals surface area contributed by atoms with Crippen LogP contribution in [0.2, 0.25) is 0 Å². The van der Waals surface area contributed by atoms with Gasteiger partial charge in [0, 0.05) is 5.92 Å². The third-order valence-corrected chi connectivity index (χ3v) is 22.2. The summed E-state index contributed by atoms with van der Waals surface area (Å²) >= 11 is 0. The molecule has 0 radical (unpaired) electrons. The van der Waals surface area contributed by atoms with E-state index in [1.807, 2.05) is 0 Å². The molecule has 0 heterocycles. The number of hydrogen-bond acceptors (Lipinski definition) is 0. The van der Waals surface area contributed by atoms with Gasteiger partial charge in [0.25, 0.3) is 0 Å². The lowest BCUT2D eigenvalue weighted by atomic mass is 9.81. The molecule has 1 atom stereocenters. The second kappa shape index (κ2) is 15.4. The van der Waals surface area contributed by atoms with E-state index < -0.39 is 16.1 Å². The van der Waals surface area contributed by atoms with Crippen molar-refractivity contribution < 1.29 is 0 Å². The summed E-state index contributed by atoms with van der Waals surface area (Å²) in [7, 11) is -5.60. The first kappa shape index (κ1) is 35.8. The molecule has 58 heavy (non-hydrogen) atoms. The van der Waals surface area contributed by atoms with Crippen molar-refractivity contribution in [3.63, 3.8) is 0 Å². The fraction of sp³-hybridized carbons (Fsp3) is 0.0357. The summed E-state index contributed by atoms with van der Waals surface area (Å²) in [5, 5.41) is 13.9. The van der Waals surface area contributed by atoms with E-state index >= 15 is 0 Å². The molecular formula is C56H44Si2. The SMILES string of the molecule is C1=C([Si](c2ccccc2)(c2ccccc2)c2ccccc2)Cc2ccccc2[C@@H]1c1cc([Si](c2ccccc2)(c2ccccc2)c2ccccc2)cc2ccccc12. The Morgan fingerprint density at radius 2 is 0.690 bits per heavy atom. The molecule has 0 saturated carbocycles. The van der Waals surface area contributed by atoms with Gasteiger partial charge in [-0.25, -0.2) is 0 Å². The molecule has 10 rings (SSSR count). The first-order valence-corrected chi connectivity index (χ1v) is 24.4. The molecule has 0 bridgehead atoms. The van der Waals surface area contributed by atoms with E-state index in [2.05, 4.69) is 249 Å². The van der Waals surface area contributed by atoms with Gasteiger partial charge in [0.1, 0.15) is 0 Å². The molecule has 0 fully saturated rings. The van der Waals surface area contributed by atoms with E-state index in [1.165, 1.54) is 69.0 Å². The highest BCUT2D eigenvalue weighted by Gasteiger charge is 2.46. The van der Waals surface area contributed by atoms with Crippen LogP contribution in [0.1, 0.15) is 22.6 Å². The van der Waals surface area contributed by atoms with Gasteiger partial charge in [0.15, 0.2) is 16.1 Å². The van der Waals surface area contributed by atoms with Crippen molar-refractivity contribution >= 4 is 63.2 Å². The van der Waals surface area contributed by atoms with E-state index in [0.29, 0.717) is 0 Å². The molecular weight excluding hydrogens is 729 g/mol. The standard InChI is InChI=1S/C56H44Si2/c1-7-25-45(26-8-1)57(46-27-9-2-10-28-46,47-29-11-3-12-30-47)51-39-43-23-19-21-37-53(43)55(41-51)56-42-52(40-44-24-20-22-38-54(44)56)58(48-31-13-4-14-32-48,49-33-15-5-16-34-49)50-35-17-6-18-36-50/h1-39,41-42,56H,40H2/t56-/m1/s1. The normalized spacial score (nSPS) is 14.1. The van der Waals surface area contributed by atoms with Gasteiger partial charge in [-0.2, -0.15) is 0 Å². The van der Waals surface area contributed by atoms with Crippen LogP contribution in [0.4, 0.5) is 0 Å². The molecule has 0 amide bonds. The lowest BCUT2D eigenvalue weighted by Crippen LogP contribution is -2.74. The fourth-order valence-corrected chi connectivity index (χ4v) is 20.0. The average molecular weight is 773 g/mol. The highest BCUT2D eigenvalue weighted by molar-refractivity contribution is 7.20. The topological polar surface area (TPSA) is 0 Å². The minimum absolute atomic E-state index is 0.0434. The molecule has 2 heteroatoms. The molecule has 0 N–H and O–H groups in total. The first-order chi connectivity index (χ1) is 28.8. The molecule has 0 unspecified atom stereocenters. The monoisotopic (exact) mass is 772 g/mol. The minimum atomic E-state index is -2.83. The third kappa shape index (κ3) is 5.96. The predicted octanol–water partition coefficient (Wildman–Crippen LogP) is 8.54. The number of hydrogen-bond donors (Lipinski definition) is 0. The smallest absolute Gasteiger partial charge is 0.0759 e. The molecule has 1 aliphatic carbocycles. The molecule has 0 nitrogen and oxygen atoms in total. The summed E-state index contributed by atoms with van der Waals surface area (Å²) in [5.41, 5.74) is 4.18. The minimum Gasteiger partial charge on any atom is -0.0759 e. The molecule has 0 spiro atoms. The van der Waals surface area contributed by atoms with Gasteiger partial charge in [0.2, 0.25) is 0 Å². The van der Waals surface area contributed by atoms with Gasteiger partial charge < -0.3 is 0 Å². The van der Waals surface area contributed by atoms with Crippen molar-refractivity contribution in [1.29, 1.82) is 0 Å². The average Bonchev–Trinajstić information content (AvgIpc) is 3.31. The van der Waals surface area contributed by atoms with Crippen LogP contribution >= 0.6 is 0 Å². The van der Waals surface area contributed by atoms with Crippen LogP contribution < -0.4 is 36.3 Å². The highest BCUT2D eigenvalue weighted by Crippen LogP contribution is 2.40. The van der Waals surface area contributed by atoms with Crippen molar-refractivity contribution in [3.8, 4) is 0 Å². The number of rotatable bonds is 9. The van der Waals surface area contributed by atoms with Crippen LogP contribution in [0.5, 0.6) is 0 Å². The number of benzene rings is 9. The van der Waals surface area contributed by atoms with E-state index in [4.69, 9.17) is 0 Å². The van der Waals surface area contributed by atoms with E-state index in [0.717, 1.165) is 6.42 Å². The Kier molecular flexibility index (Phi) is 9.50. The molecule has 9 aromatic carbocycles. The van der Waals surface area contributed by atoms with Crippen LogP contribution in [0.25, 0.3) is 10.8 Å². The molecule has 0 aliphatic heterocycles. The van der Waals surface area contributed by atoms with Crippen LogP contribution in [0, 0.1) is 0 Å². The zero-order valence-electron chi connectivity index (χ0n) is 32.5. The van der Waals surface area contributed by atoms with Gasteiger partial charge in [-0.3, -0.25) is 0 Å². The second-order valence-corrected chi connectivity index (χ2v) is 23.2. The number of fused-ring (bicyclic) bond motifs is 2. The predicted molar refractivity (Wildman–Crippen MR) is 252 cm³/mol. The van der Waals surface area contributed by atoms with Crippen LogP contribution in [0.15, 0.2) is 254 Å². The van der Waals surface area contributed by atoms with E-state index in [-0.39, 0.29) is 5.92 Å². The third-order valence-electron chi connectivity index (χ3n) is 12.5. The largest absolute Gasteiger partial charge is 0.179 e. The lowest BCUT2D eigenvalue weighted by molar-refractivity contribution is 0.949. The zero-order valence-corrected chi connectivity index (χ0v) is 34.5. The summed E-state index contributed by atoms with van der Waals surface area (Å²) < 4.78 is 0. The Balaban J connectivity index is 1.31. The summed E-state index contributed by atoms with van der Waals surface area (Å²) in [4.78, 5) is 0. The first-order valence-electron chi connectivity index (χ1n) is 20.4. The maximum absolute atomic E-state index is 2.83. The lowest BCUT2D eigenvalue weighted by Gasteiger charge is -2.40. The molecule has 0 saturated heterocycles. The van der Waals surface area contributed by atoms with Crippen molar-refractivity contribution in [2.24, 2.45) is 0 Å². The Morgan fingerprint density at radius 1 is 0.310 bits per heavy atom. The van der Waals surface area contributed by atoms with Gasteiger partial charge in [0.05, 0.1) is 0 Å². The second-order valence-electron chi connectivity index (χ2n) is 15.5. The zero-order chi connectivity index (χ0) is 38.8. The van der Waals surface area contributed by atoms with Crippen molar-refractivity contribution in [2.45, 2.75) is 12.3 Å². The fourth-order valence-electron chi connectivity index (χ4n) is 10.1. The maximum Gasteiger partial charge on any atom is 0.179 e. The van der Waals surface area contributed by atoms with Gasteiger partial charge in [-0.15, -0.1) is 0 Å².